The van der Waals surface area contributed by atoms with E-state index in [4.69, 9.17) is 4.74 Å². The Labute approximate surface area is 125 Å². The Hall–Kier alpha value is -1.59. The molecule has 0 aromatic carbocycles. The quantitative estimate of drug-likeness (QED) is 0.635. The molecule has 0 atom stereocenters. The molecule has 1 saturated heterocycles. The molecule has 6 nitrogen and oxygen atoms in total. The van der Waals surface area contributed by atoms with Gasteiger partial charge in [0.1, 0.15) is 5.54 Å². The lowest BCUT2D eigenvalue weighted by atomic mass is 9.84. The number of carbonyl (C=O) groups excluding carboxylic acids is 3. The van der Waals surface area contributed by atoms with E-state index in [2.05, 4.69) is 5.32 Å². The molecule has 0 aromatic rings. The zero-order valence-electron chi connectivity index (χ0n) is 12.7. The van der Waals surface area contributed by atoms with Crippen LogP contribution in [0.25, 0.3) is 0 Å². The Morgan fingerprint density at radius 3 is 2.43 bits per heavy atom. The van der Waals surface area contributed by atoms with Gasteiger partial charge in [0.2, 0.25) is 0 Å². The van der Waals surface area contributed by atoms with Crippen LogP contribution in [0.15, 0.2) is 0 Å². The number of imide groups is 1. The molecular weight excluding hydrogens is 272 g/mol. The first-order valence-corrected chi connectivity index (χ1v) is 7.89. The summed E-state index contributed by atoms with van der Waals surface area (Å²) in [6, 6.07) is -0.370. The second-order valence-electron chi connectivity index (χ2n) is 5.79. The van der Waals surface area contributed by atoms with Gasteiger partial charge in [0, 0.05) is 6.54 Å². The van der Waals surface area contributed by atoms with Crippen LogP contribution in [0, 0.1) is 0 Å². The van der Waals surface area contributed by atoms with Crippen molar-refractivity contribution >= 4 is 17.9 Å². The molecule has 1 heterocycles. The minimum Gasteiger partial charge on any atom is -0.466 e. The monoisotopic (exact) mass is 296 g/mol. The van der Waals surface area contributed by atoms with Crippen LogP contribution in [0.4, 0.5) is 4.79 Å². The van der Waals surface area contributed by atoms with Gasteiger partial charge in [-0.3, -0.25) is 14.5 Å². The van der Waals surface area contributed by atoms with Crippen LogP contribution in [-0.2, 0) is 14.3 Å². The number of ether oxygens (including phenoxy) is 1. The number of urea groups is 1. The lowest BCUT2D eigenvalue weighted by molar-refractivity contribution is -0.143. The van der Waals surface area contributed by atoms with Crippen molar-refractivity contribution in [3.05, 3.63) is 0 Å². The van der Waals surface area contributed by atoms with E-state index in [-0.39, 0.29) is 30.9 Å². The smallest absolute Gasteiger partial charge is 0.325 e. The summed E-state index contributed by atoms with van der Waals surface area (Å²) in [7, 11) is 0. The van der Waals surface area contributed by atoms with Crippen molar-refractivity contribution in [1.29, 1.82) is 0 Å². The van der Waals surface area contributed by atoms with Crippen molar-refractivity contribution in [2.45, 2.75) is 63.8 Å². The molecule has 0 aromatic heterocycles. The second kappa shape index (κ2) is 6.91. The fourth-order valence-corrected chi connectivity index (χ4v) is 3.16. The van der Waals surface area contributed by atoms with Crippen LogP contribution >= 0.6 is 0 Å². The third-order valence-corrected chi connectivity index (χ3v) is 4.30. The summed E-state index contributed by atoms with van der Waals surface area (Å²) >= 11 is 0. The van der Waals surface area contributed by atoms with Gasteiger partial charge in [-0.15, -0.1) is 0 Å². The highest BCUT2D eigenvalue weighted by atomic mass is 16.5. The van der Waals surface area contributed by atoms with E-state index in [9.17, 15) is 14.4 Å². The fraction of sp³-hybridized carbons (Fsp3) is 0.800. The van der Waals surface area contributed by atoms with E-state index < -0.39 is 5.54 Å². The molecule has 0 radical (unpaired) electrons. The first kappa shape index (κ1) is 15.8. The van der Waals surface area contributed by atoms with Gasteiger partial charge in [0.25, 0.3) is 5.91 Å². The maximum Gasteiger partial charge on any atom is 0.325 e. The number of rotatable bonds is 4. The van der Waals surface area contributed by atoms with Gasteiger partial charge in [-0.25, -0.2) is 4.79 Å². The van der Waals surface area contributed by atoms with Crippen LogP contribution < -0.4 is 5.32 Å². The highest BCUT2D eigenvalue weighted by Gasteiger charge is 2.50. The number of amides is 3. The lowest BCUT2D eigenvalue weighted by Crippen LogP contribution is -2.47. The van der Waals surface area contributed by atoms with Crippen molar-refractivity contribution in [2.24, 2.45) is 0 Å². The largest absolute Gasteiger partial charge is 0.466 e. The van der Waals surface area contributed by atoms with Crippen LogP contribution in [-0.4, -0.2) is 41.5 Å². The van der Waals surface area contributed by atoms with Crippen LogP contribution in [0.2, 0.25) is 0 Å². The highest BCUT2D eigenvalue weighted by molar-refractivity contribution is 6.07. The summed E-state index contributed by atoms with van der Waals surface area (Å²) in [5.41, 5.74) is -0.730. The van der Waals surface area contributed by atoms with Crippen LogP contribution in [0.1, 0.15) is 58.3 Å². The van der Waals surface area contributed by atoms with Crippen molar-refractivity contribution in [3.8, 4) is 0 Å². The SMILES string of the molecule is CCOC(=O)CCN1C(=O)NC2(CCCCCCC2)C1=O. The number of carbonyl (C=O) groups is 3. The minimum absolute atomic E-state index is 0.0586. The molecule has 1 spiro atoms. The van der Waals surface area contributed by atoms with Gasteiger partial charge in [-0.2, -0.15) is 0 Å². The molecule has 21 heavy (non-hydrogen) atoms. The Balaban J connectivity index is 1.99. The van der Waals surface area contributed by atoms with Crippen molar-refractivity contribution < 1.29 is 19.1 Å². The number of nitrogens with one attached hydrogen (secondary N) is 1. The Morgan fingerprint density at radius 1 is 1.19 bits per heavy atom. The van der Waals surface area contributed by atoms with E-state index >= 15 is 0 Å². The van der Waals surface area contributed by atoms with Crippen molar-refractivity contribution in [1.82, 2.24) is 10.2 Å². The molecule has 2 rings (SSSR count). The third-order valence-electron chi connectivity index (χ3n) is 4.30. The first-order chi connectivity index (χ1) is 10.1. The molecule has 1 saturated carbocycles. The molecule has 2 fully saturated rings. The maximum atomic E-state index is 12.6. The van der Waals surface area contributed by atoms with E-state index in [1.807, 2.05) is 0 Å². The number of nitrogens with zero attached hydrogens (tertiary/aromatic N) is 1. The lowest BCUT2D eigenvalue weighted by Gasteiger charge is -2.28. The maximum absolute atomic E-state index is 12.6. The van der Waals surface area contributed by atoms with Crippen LogP contribution in [0.5, 0.6) is 0 Å². The molecular formula is C15H24N2O4. The van der Waals surface area contributed by atoms with Gasteiger partial charge < -0.3 is 10.1 Å². The summed E-state index contributed by atoms with van der Waals surface area (Å²) in [6.45, 7) is 2.14. The normalized spacial score (nSPS) is 21.9. The van der Waals surface area contributed by atoms with E-state index in [0.717, 1.165) is 25.7 Å². The Morgan fingerprint density at radius 2 is 1.81 bits per heavy atom. The molecule has 3 amide bonds. The van der Waals surface area contributed by atoms with E-state index in [1.165, 1.54) is 11.3 Å². The number of esters is 1. The molecule has 118 valence electrons. The summed E-state index contributed by atoms with van der Waals surface area (Å²) in [6.07, 6.45) is 6.78. The third kappa shape index (κ3) is 3.54. The summed E-state index contributed by atoms with van der Waals surface area (Å²) in [5.74, 6) is -0.546. The minimum atomic E-state index is -0.730. The second-order valence-corrected chi connectivity index (χ2v) is 5.79. The Bertz CT molecular complexity index is 414. The molecule has 6 heteroatoms. The zero-order chi connectivity index (χ0) is 15.3. The zero-order valence-corrected chi connectivity index (χ0v) is 12.7. The first-order valence-electron chi connectivity index (χ1n) is 7.89. The van der Waals surface area contributed by atoms with Crippen molar-refractivity contribution in [3.63, 3.8) is 0 Å². The number of hydrogen-bond acceptors (Lipinski definition) is 4. The molecule has 0 bridgehead atoms. The Kier molecular flexibility index (Phi) is 5.20. The fourth-order valence-electron chi connectivity index (χ4n) is 3.16. The standard InChI is InChI=1S/C15H24N2O4/c1-2-21-12(18)8-11-17-13(19)15(16-14(17)20)9-6-4-3-5-7-10-15/h2-11H2,1H3,(H,16,20). The molecule has 1 aliphatic carbocycles. The van der Waals surface area contributed by atoms with Gasteiger partial charge in [-0.05, 0) is 19.8 Å². The summed E-state index contributed by atoms with van der Waals surface area (Å²) in [5, 5.41) is 2.88. The van der Waals surface area contributed by atoms with Crippen molar-refractivity contribution in [2.75, 3.05) is 13.2 Å². The molecule has 1 N–H and O–H groups in total. The number of hydrogen-bond donors (Lipinski definition) is 1. The van der Waals surface area contributed by atoms with E-state index in [0.29, 0.717) is 19.4 Å². The molecule has 2 aliphatic rings. The van der Waals surface area contributed by atoms with Gasteiger partial charge in [0.05, 0.1) is 13.0 Å². The average Bonchev–Trinajstić information content (AvgIpc) is 2.65. The summed E-state index contributed by atoms with van der Waals surface area (Å²) in [4.78, 5) is 37.3. The van der Waals surface area contributed by atoms with Gasteiger partial charge in [-0.1, -0.05) is 32.1 Å². The van der Waals surface area contributed by atoms with E-state index in [1.54, 1.807) is 6.92 Å². The van der Waals surface area contributed by atoms with Crippen LogP contribution in [0.3, 0.4) is 0 Å². The average molecular weight is 296 g/mol. The van der Waals surface area contributed by atoms with Gasteiger partial charge >= 0.3 is 12.0 Å². The predicted octanol–water partition coefficient (Wildman–Crippen LogP) is 1.97. The molecule has 1 aliphatic heterocycles. The van der Waals surface area contributed by atoms with Gasteiger partial charge in [0.15, 0.2) is 0 Å². The highest BCUT2D eigenvalue weighted by Crippen LogP contribution is 2.32. The summed E-state index contributed by atoms with van der Waals surface area (Å²) < 4.78 is 4.84. The molecule has 0 unspecified atom stereocenters. The predicted molar refractivity (Wildman–Crippen MR) is 76.5 cm³/mol. The topological polar surface area (TPSA) is 75.7 Å².